The third kappa shape index (κ3) is 4.60. The van der Waals surface area contributed by atoms with Crippen molar-refractivity contribution in [2.45, 2.75) is 20.0 Å². The van der Waals surface area contributed by atoms with Crippen LogP contribution in [0.15, 0.2) is 33.6 Å². The van der Waals surface area contributed by atoms with Gasteiger partial charge in [0.2, 0.25) is 0 Å². The van der Waals surface area contributed by atoms with Gasteiger partial charge in [-0.25, -0.2) is 0 Å². The Morgan fingerprint density at radius 2 is 2.21 bits per heavy atom. The number of pyridine rings is 1. The average Bonchev–Trinajstić information content (AvgIpc) is 2.75. The highest BCUT2D eigenvalue weighted by molar-refractivity contribution is 9.11. The lowest BCUT2D eigenvalue weighted by atomic mass is 10.2. The van der Waals surface area contributed by atoms with E-state index >= 15 is 0 Å². The van der Waals surface area contributed by atoms with Gasteiger partial charge in [-0.05, 0) is 59.0 Å². The van der Waals surface area contributed by atoms with Crippen LogP contribution in [0.2, 0.25) is 0 Å². The van der Waals surface area contributed by atoms with Gasteiger partial charge in [-0.3, -0.25) is 9.88 Å². The maximum atomic E-state index is 4.42. The predicted molar refractivity (Wildman–Crippen MR) is 85.6 cm³/mol. The fourth-order valence-corrected chi connectivity index (χ4v) is 3.15. The first-order chi connectivity index (χ1) is 9.17. The third-order valence-electron chi connectivity index (χ3n) is 2.70. The van der Waals surface area contributed by atoms with Gasteiger partial charge in [-0.15, -0.1) is 11.3 Å². The summed E-state index contributed by atoms with van der Waals surface area (Å²) in [6, 6.07) is 6.29. The number of hydrogen-bond acceptors (Lipinski definition) is 4. The maximum absolute atomic E-state index is 4.42. The van der Waals surface area contributed by atoms with Crippen molar-refractivity contribution in [2.75, 3.05) is 18.9 Å². The molecule has 0 aliphatic heterocycles. The van der Waals surface area contributed by atoms with Crippen molar-refractivity contribution in [1.29, 1.82) is 0 Å². The monoisotopic (exact) mass is 339 g/mol. The zero-order valence-corrected chi connectivity index (χ0v) is 13.6. The van der Waals surface area contributed by atoms with Crippen LogP contribution >= 0.6 is 27.3 Å². The normalized spacial score (nSPS) is 10.9. The molecule has 0 aromatic carbocycles. The Morgan fingerprint density at radius 1 is 1.37 bits per heavy atom. The van der Waals surface area contributed by atoms with Crippen molar-refractivity contribution < 1.29 is 0 Å². The molecule has 0 atom stereocenters. The van der Waals surface area contributed by atoms with Gasteiger partial charge < -0.3 is 5.32 Å². The van der Waals surface area contributed by atoms with E-state index in [1.165, 1.54) is 9.35 Å². The predicted octanol–water partition coefficient (Wildman–Crippen LogP) is 3.97. The number of hydrogen-bond donors (Lipinski definition) is 1. The van der Waals surface area contributed by atoms with Gasteiger partial charge in [-0.1, -0.05) is 0 Å². The van der Waals surface area contributed by atoms with Gasteiger partial charge in [0.1, 0.15) is 0 Å². The molecule has 0 saturated heterocycles. The number of nitrogens with one attached hydrogen (secondary N) is 1. The number of nitrogens with zero attached hydrogens (tertiary/aromatic N) is 2. The summed E-state index contributed by atoms with van der Waals surface area (Å²) in [7, 11) is 2.12. The minimum atomic E-state index is 0.854. The molecular formula is C14H18BrN3S. The van der Waals surface area contributed by atoms with Crippen LogP contribution in [-0.2, 0) is 13.1 Å². The molecule has 2 aromatic rings. The van der Waals surface area contributed by atoms with Gasteiger partial charge in [-0.2, -0.15) is 0 Å². The SMILES string of the molecule is CCNc1ccnc(CN(C)Cc2csc(Br)c2)c1. The second-order valence-corrected chi connectivity index (χ2v) is 6.79. The van der Waals surface area contributed by atoms with Crippen molar-refractivity contribution in [3.63, 3.8) is 0 Å². The highest BCUT2D eigenvalue weighted by Gasteiger charge is 2.05. The molecule has 0 radical (unpaired) electrons. The molecule has 3 nitrogen and oxygen atoms in total. The molecule has 0 unspecified atom stereocenters. The topological polar surface area (TPSA) is 28.2 Å². The summed E-state index contributed by atoms with van der Waals surface area (Å²) < 4.78 is 1.18. The lowest BCUT2D eigenvalue weighted by molar-refractivity contribution is 0.315. The lowest BCUT2D eigenvalue weighted by Crippen LogP contribution is -2.17. The van der Waals surface area contributed by atoms with Gasteiger partial charge in [0.05, 0.1) is 9.48 Å². The van der Waals surface area contributed by atoms with E-state index in [1.54, 1.807) is 11.3 Å². The number of anilines is 1. The molecule has 0 fully saturated rings. The van der Waals surface area contributed by atoms with Crippen LogP contribution in [0.4, 0.5) is 5.69 Å². The van der Waals surface area contributed by atoms with Crippen LogP contribution in [0.25, 0.3) is 0 Å². The van der Waals surface area contributed by atoms with Crippen molar-refractivity contribution in [3.8, 4) is 0 Å². The molecule has 0 amide bonds. The molecule has 0 aliphatic rings. The molecule has 0 bridgehead atoms. The Labute approximate surface area is 126 Å². The molecule has 0 aliphatic carbocycles. The third-order valence-corrected chi connectivity index (χ3v) is 4.26. The summed E-state index contributed by atoms with van der Waals surface area (Å²) in [6.07, 6.45) is 1.86. The molecule has 1 N–H and O–H groups in total. The van der Waals surface area contributed by atoms with E-state index in [2.05, 4.69) is 62.6 Å². The summed E-state index contributed by atoms with van der Waals surface area (Å²) in [5.41, 5.74) is 3.57. The Hall–Kier alpha value is -0.910. The van der Waals surface area contributed by atoms with Crippen LogP contribution in [0.3, 0.4) is 0 Å². The quantitative estimate of drug-likeness (QED) is 0.862. The summed E-state index contributed by atoms with van der Waals surface area (Å²) in [6.45, 7) is 4.82. The highest BCUT2D eigenvalue weighted by Crippen LogP contribution is 2.21. The van der Waals surface area contributed by atoms with Gasteiger partial charge in [0.25, 0.3) is 0 Å². The average molecular weight is 340 g/mol. The van der Waals surface area contributed by atoms with Crippen molar-refractivity contribution in [2.24, 2.45) is 0 Å². The van der Waals surface area contributed by atoms with E-state index in [4.69, 9.17) is 0 Å². The molecule has 5 heteroatoms. The van der Waals surface area contributed by atoms with E-state index in [0.717, 1.165) is 31.0 Å². The molecule has 2 aromatic heterocycles. The molecule has 2 rings (SSSR count). The van der Waals surface area contributed by atoms with Crippen LogP contribution in [0, 0.1) is 0 Å². The number of halogens is 1. The van der Waals surface area contributed by atoms with Crippen molar-refractivity contribution >= 4 is 33.0 Å². The van der Waals surface area contributed by atoms with E-state index in [-0.39, 0.29) is 0 Å². The zero-order chi connectivity index (χ0) is 13.7. The fraction of sp³-hybridized carbons (Fsp3) is 0.357. The van der Waals surface area contributed by atoms with Gasteiger partial charge in [0, 0.05) is 31.5 Å². The Balaban J connectivity index is 1.94. The Bertz CT molecular complexity index is 527. The standard InChI is InChI=1S/C14H18BrN3S/c1-3-16-12-4-5-17-13(7-12)9-18(2)8-11-6-14(15)19-10-11/h4-7,10H,3,8-9H2,1-2H3,(H,16,17). The van der Waals surface area contributed by atoms with E-state index in [1.807, 2.05) is 12.3 Å². The van der Waals surface area contributed by atoms with Crippen molar-refractivity contribution in [3.05, 3.63) is 44.8 Å². The smallest absolute Gasteiger partial charge is 0.0701 e. The molecule has 2 heterocycles. The Morgan fingerprint density at radius 3 is 2.89 bits per heavy atom. The molecule has 0 spiro atoms. The van der Waals surface area contributed by atoms with E-state index < -0.39 is 0 Å². The van der Waals surface area contributed by atoms with Crippen molar-refractivity contribution in [1.82, 2.24) is 9.88 Å². The van der Waals surface area contributed by atoms with Crippen LogP contribution in [0.1, 0.15) is 18.2 Å². The first-order valence-electron chi connectivity index (χ1n) is 6.27. The van der Waals surface area contributed by atoms with Gasteiger partial charge in [0.15, 0.2) is 0 Å². The van der Waals surface area contributed by atoms with Crippen LogP contribution in [0.5, 0.6) is 0 Å². The largest absolute Gasteiger partial charge is 0.385 e. The molecule has 0 saturated carbocycles. The summed E-state index contributed by atoms with van der Waals surface area (Å²) in [5.74, 6) is 0. The Kier molecular flexibility index (Phi) is 5.36. The highest BCUT2D eigenvalue weighted by atomic mass is 79.9. The first kappa shape index (κ1) is 14.5. The second-order valence-electron chi connectivity index (χ2n) is 4.50. The van der Waals surface area contributed by atoms with Crippen LogP contribution in [-0.4, -0.2) is 23.5 Å². The lowest BCUT2D eigenvalue weighted by Gasteiger charge is -2.15. The zero-order valence-electron chi connectivity index (χ0n) is 11.2. The number of thiophene rings is 1. The fourth-order valence-electron chi connectivity index (χ4n) is 1.95. The van der Waals surface area contributed by atoms with E-state index in [0.29, 0.717) is 0 Å². The summed E-state index contributed by atoms with van der Waals surface area (Å²) >= 11 is 5.22. The maximum Gasteiger partial charge on any atom is 0.0701 e. The number of aromatic nitrogens is 1. The first-order valence-corrected chi connectivity index (χ1v) is 7.95. The van der Waals surface area contributed by atoms with Gasteiger partial charge >= 0.3 is 0 Å². The minimum absolute atomic E-state index is 0.854. The molecule has 102 valence electrons. The minimum Gasteiger partial charge on any atom is -0.385 e. The summed E-state index contributed by atoms with van der Waals surface area (Å²) in [4.78, 5) is 6.69. The molecular weight excluding hydrogens is 322 g/mol. The number of rotatable bonds is 6. The second kappa shape index (κ2) is 7.03. The molecule has 19 heavy (non-hydrogen) atoms. The summed E-state index contributed by atoms with van der Waals surface area (Å²) in [5, 5.41) is 5.49. The van der Waals surface area contributed by atoms with E-state index in [9.17, 15) is 0 Å². The van der Waals surface area contributed by atoms with Crippen LogP contribution < -0.4 is 5.32 Å².